The molecule has 6 nitrogen and oxygen atoms in total. The molecule has 2 rings (SSSR count). The van der Waals surface area contributed by atoms with Crippen LogP contribution in [0.15, 0.2) is 34.0 Å². The van der Waals surface area contributed by atoms with E-state index in [-0.39, 0.29) is 21.2 Å². The molecule has 0 fully saturated rings. The molecule has 0 bridgehead atoms. The van der Waals surface area contributed by atoms with Crippen molar-refractivity contribution in [3.8, 4) is 5.69 Å². The molecule has 0 amide bonds. The van der Waals surface area contributed by atoms with Gasteiger partial charge >= 0.3 is 0 Å². The minimum Gasteiger partial charge on any atom is -0.295 e. The zero-order chi connectivity index (χ0) is 13.5. The van der Waals surface area contributed by atoms with Crippen LogP contribution in [-0.2, 0) is 10.1 Å². The number of nitrogens with zero attached hydrogens (tertiary/aromatic N) is 1. The van der Waals surface area contributed by atoms with E-state index in [1.165, 1.54) is 12.1 Å². The van der Waals surface area contributed by atoms with Crippen molar-refractivity contribution in [1.82, 2.24) is 9.78 Å². The van der Waals surface area contributed by atoms with Gasteiger partial charge in [0.25, 0.3) is 15.7 Å². The lowest BCUT2D eigenvalue weighted by Gasteiger charge is -2.06. The first-order valence-corrected chi connectivity index (χ1v) is 6.67. The van der Waals surface area contributed by atoms with Crippen LogP contribution in [0.2, 0.25) is 5.02 Å². The van der Waals surface area contributed by atoms with Gasteiger partial charge in [0.1, 0.15) is 0 Å². The predicted octanol–water partition coefficient (Wildman–Crippen LogP) is 1.37. The fourth-order valence-corrected chi connectivity index (χ4v) is 2.22. The maximum atomic E-state index is 11.6. The highest BCUT2D eigenvalue weighted by atomic mass is 35.5. The van der Waals surface area contributed by atoms with Crippen LogP contribution in [0.1, 0.15) is 5.69 Å². The topological polar surface area (TPSA) is 92.2 Å². The van der Waals surface area contributed by atoms with Gasteiger partial charge in [-0.1, -0.05) is 11.6 Å². The Labute approximate surface area is 108 Å². The van der Waals surface area contributed by atoms with Crippen LogP contribution in [0.4, 0.5) is 0 Å². The summed E-state index contributed by atoms with van der Waals surface area (Å²) < 4.78 is 32.1. The molecule has 96 valence electrons. The van der Waals surface area contributed by atoms with Crippen LogP contribution in [-0.4, -0.2) is 22.8 Å². The van der Waals surface area contributed by atoms with Gasteiger partial charge in [0.05, 0.1) is 15.6 Å². The molecule has 0 aliphatic heterocycles. The molecule has 2 N–H and O–H groups in total. The Morgan fingerprint density at radius 3 is 2.50 bits per heavy atom. The van der Waals surface area contributed by atoms with E-state index >= 15 is 0 Å². The van der Waals surface area contributed by atoms with Crippen molar-refractivity contribution in [3.05, 3.63) is 45.3 Å². The summed E-state index contributed by atoms with van der Waals surface area (Å²) in [6, 6.07) is 4.91. The molecule has 0 saturated carbocycles. The number of halogens is 1. The summed E-state index contributed by atoms with van der Waals surface area (Å²) in [6.07, 6.45) is 0. The summed E-state index contributed by atoms with van der Waals surface area (Å²) in [5, 5.41) is 2.91. The SMILES string of the molecule is Cc1cc(=O)n(-c2cc(S(=O)(=O)O)ccc2Cl)[nH]1. The lowest BCUT2D eigenvalue weighted by atomic mass is 10.3. The second kappa shape index (κ2) is 4.27. The standard InChI is InChI=1S/C10H9ClN2O4S/c1-6-4-10(14)13(12-6)9-5-7(18(15,16)17)2-3-8(9)11/h2-5,12H,1H3,(H,15,16,17). The van der Waals surface area contributed by atoms with Crippen molar-refractivity contribution in [1.29, 1.82) is 0 Å². The van der Waals surface area contributed by atoms with Crippen molar-refractivity contribution < 1.29 is 13.0 Å². The Hall–Kier alpha value is -1.57. The molecule has 0 unspecified atom stereocenters. The van der Waals surface area contributed by atoms with Gasteiger partial charge < -0.3 is 0 Å². The summed E-state index contributed by atoms with van der Waals surface area (Å²) in [6.45, 7) is 1.68. The van der Waals surface area contributed by atoms with E-state index in [1.54, 1.807) is 6.92 Å². The Bertz CT molecular complexity index is 760. The second-order valence-electron chi connectivity index (χ2n) is 3.70. The predicted molar refractivity (Wildman–Crippen MR) is 66.0 cm³/mol. The third-order valence-corrected chi connectivity index (χ3v) is 3.47. The first kappa shape index (κ1) is 12.9. The first-order valence-electron chi connectivity index (χ1n) is 4.85. The highest BCUT2D eigenvalue weighted by Gasteiger charge is 2.14. The molecule has 1 aromatic carbocycles. The van der Waals surface area contributed by atoms with E-state index < -0.39 is 10.1 Å². The van der Waals surface area contributed by atoms with Crippen molar-refractivity contribution >= 4 is 21.7 Å². The Morgan fingerprint density at radius 2 is 2.00 bits per heavy atom. The number of nitrogens with one attached hydrogen (secondary N) is 1. The average molecular weight is 289 g/mol. The number of benzene rings is 1. The molecule has 0 spiro atoms. The maximum Gasteiger partial charge on any atom is 0.294 e. The molecule has 0 atom stereocenters. The summed E-state index contributed by atoms with van der Waals surface area (Å²) in [7, 11) is -4.34. The van der Waals surface area contributed by atoms with E-state index in [1.807, 2.05) is 0 Å². The van der Waals surface area contributed by atoms with E-state index in [9.17, 15) is 13.2 Å². The van der Waals surface area contributed by atoms with Crippen LogP contribution >= 0.6 is 11.6 Å². The minimum absolute atomic E-state index is 0.157. The normalized spacial score (nSPS) is 11.7. The average Bonchev–Trinajstić information content (AvgIpc) is 2.56. The van der Waals surface area contributed by atoms with E-state index in [0.29, 0.717) is 5.69 Å². The Kier molecular flexibility index (Phi) is 3.05. The lowest BCUT2D eigenvalue weighted by Crippen LogP contribution is -2.14. The number of aromatic amines is 1. The van der Waals surface area contributed by atoms with Crippen molar-refractivity contribution in [2.24, 2.45) is 0 Å². The third kappa shape index (κ3) is 2.33. The summed E-state index contributed by atoms with van der Waals surface area (Å²) in [5.74, 6) is 0. The molecule has 1 heterocycles. The maximum absolute atomic E-state index is 11.6. The van der Waals surface area contributed by atoms with Gasteiger partial charge in [-0.25, -0.2) is 4.68 Å². The summed E-state index contributed by atoms with van der Waals surface area (Å²) in [4.78, 5) is 11.3. The minimum atomic E-state index is -4.34. The fourth-order valence-electron chi connectivity index (χ4n) is 1.52. The molecule has 0 saturated heterocycles. The number of H-pyrrole nitrogens is 1. The molecule has 0 radical (unpaired) electrons. The smallest absolute Gasteiger partial charge is 0.294 e. The lowest BCUT2D eigenvalue weighted by molar-refractivity contribution is 0.483. The van der Waals surface area contributed by atoms with Crippen molar-refractivity contribution in [2.45, 2.75) is 11.8 Å². The molecule has 2 aromatic rings. The number of aryl methyl sites for hydroxylation is 1. The van der Waals surface area contributed by atoms with E-state index in [2.05, 4.69) is 5.10 Å². The highest BCUT2D eigenvalue weighted by Crippen LogP contribution is 2.22. The molecule has 0 aliphatic carbocycles. The molecule has 0 aliphatic rings. The van der Waals surface area contributed by atoms with Crippen LogP contribution in [0.5, 0.6) is 0 Å². The molecular weight excluding hydrogens is 280 g/mol. The van der Waals surface area contributed by atoms with E-state index in [4.69, 9.17) is 16.2 Å². The molecular formula is C10H9ClN2O4S. The summed E-state index contributed by atoms with van der Waals surface area (Å²) in [5.41, 5.74) is 0.389. The van der Waals surface area contributed by atoms with Gasteiger partial charge in [-0.3, -0.25) is 14.4 Å². The zero-order valence-electron chi connectivity index (χ0n) is 9.21. The van der Waals surface area contributed by atoms with Crippen molar-refractivity contribution in [3.63, 3.8) is 0 Å². The fraction of sp³-hybridized carbons (Fsp3) is 0.100. The summed E-state index contributed by atoms with van der Waals surface area (Å²) >= 11 is 5.91. The zero-order valence-corrected chi connectivity index (χ0v) is 10.8. The van der Waals surface area contributed by atoms with Gasteiger partial charge in [0.15, 0.2) is 0 Å². The van der Waals surface area contributed by atoms with Crippen LogP contribution < -0.4 is 5.56 Å². The molecule has 1 aromatic heterocycles. The van der Waals surface area contributed by atoms with Crippen LogP contribution in [0, 0.1) is 6.92 Å². The monoisotopic (exact) mass is 288 g/mol. The first-order chi connectivity index (χ1) is 8.29. The van der Waals surface area contributed by atoms with Gasteiger partial charge in [-0.15, -0.1) is 0 Å². The third-order valence-electron chi connectivity index (χ3n) is 2.30. The number of hydrogen-bond donors (Lipinski definition) is 2. The second-order valence-corrected chi connectivity index (χ2v) is 5.53. The van der Waals surface area contributed by atoms with Crippen molar-refractivity contribution in [2.75, 3.05) is 0 Å². The van der Waals surface area contributed by atoms with Gasteiger partial charge in [-0.05, 0) is 25.1 Å². The van der Waals surface area contributed by atoms with Crippen LogP contribution in [0.3, 0.4) is 0 Å². The Morgan fingerprint density at radius 1 is 1.33 bits per heavy atom. The molecule has 18 heavy (non-hydrogen) atoms. The quantitative estimate of drug-likeness (QED) is 0.817. The Balaban J connectivity index is 2.72. The van der Waals surface area contributed by atoms with Gasteiger partial charge in [-0.2, -0.15) is 8.42 Å². The number of hydrogen-bond acceptors (Lipinski definition) is 3. The van der Waals surface area contributed by atoms with E-state index in [0.717, 1.165) is 16.8 Å². The molecule has 8 heteroatoms. The number of aromatic nitrogens is 2. The largest absolute Gasteiger partial charge is 0.295 e. The van der Waals surface area contributed by atoms with Crippen LogP contribution in [0.25, 0.3) is 5.69 Å². The van der Waals surface area contributed by atoms with Gasteiger partial charge in [0.2, 0.25) is 0 Å². The number of rotatable bonds is 2. The van der Waals surface area contributed by atoms with Gasteiger partial charge in [0, 0.05) is 11.8 Å². The highest BCUT2D eigenvalue weighted by molar-refractivity contribution is 7.85.